The standard InChI is InChI=1S/C12H23N3O/c1-4-7-14-11(16)10-15-8-5-12(2,13-3)6-9-15/h4,13H,1,5-10H2,2-3H3,(H,14,16). The molecule has 1 fully saturated rings. The molecule has 0 atom stereocenters. The molecule has 1 amide bonds. The van der Waals surface area contributed by atoms with Gasteiger partial charge in [0, 0.05) is 25.2 Å². The Bertz CT molecular complexity index is 245. The van der Waals surface area contributed by atoms with Crippen molar-refractivity contribution in [1.82, 2.24) is 15.5 Å². The molecule has 0 aromatic rings. The smallest absolute Gasteiger partial charge is 0.234 e. The Morgan fingerprint density at radius 1 is 1.50 bits per heavy atom. The molecular weight excluding hydrogens is 202 g/mol. The third-order valence-corrected chi connectivity index (χ3v) is 3.37. The molecule has 1 aliphatic rings. The second-order valence-electron chi connectivity index (χ2n) is 4.68. The lowest BCUT2D eigenvalue weighted by Gasteiger charge is -2.38. The highest BCUT2D eigenvalue weighted by molar-refractivity contribution is 5.78. The van der Waals surface area contributed by atoms with Crippen LogP contribution in [0.5, 0.6) is 0 Å². The third-order valence-electron chi connectivity index (χ3n) is 3.37. The maximum atomic E-state index is 11.5. The van der Waals surface area contributed by atoms with Gasteiger partial charge in [0.2, 0.25) is 5.91 Å². The summed E-state index contributed by atoms with van der Waals surface area (Å²) in [6.07, 6.45) is 3.89. The van der Waals surface area contributed by atoms with Crippen molar-refractivity contribution in [2.45, 2.75) is 25.3 Å². The Morgan fingerprint density at radius 2 is 2.12 bits per heavy atom. The molecule has 4 heteroatoms. The second kappa shape index (κ2) is 6.01. The van der Waals surface area contributed by atoms with E-state index in [0.29, 0.717) is 13.1 Å². The lowest BCUT2D eigenvalue weighted by Crippen LogP contribution is -2.51. The number of carbonyl (C=O) groups excluding carboxylic acids is 1. The van der Waals surface area contributed by atoms with E-state index >= 15 is 0 Å². The highest BCUT2D eigenvalue weighted by atomic mass is 16.2. The highest BCUT2D eigenvalue weighted by Crippen LogP contribution is 2.20. The summed E-state index contributed by atoms with van der Waals surface area (Å²) in [6, 6.07) is 0. The molecule has 1 rings (SSSR count). The fourth-order valence-corrected chi connectivity index (χ4v) is 1.90. The van der Waals surface area contributed by atoms with Crippen LogP contribution >= 0.6 is 0 Å². The first-order chi connectivity index (χ1) is 7.59. The maximum Gasteiger partial charge on any atom is 0.234 e. The number of rotatable bonds is 5. The summed E-state index contributed by atoms with van der Waals surface area (Å²) in [4.78, 5) is 13.7. The first kappa shape index (κ1) is 13.2. The van der Waals surface area contributed by atoms with Crippen molar-refractivity contribution in [3.05, 3.63) is 12.7 Å². The van der Waals surface area contributed by atoms with Crippen LogP contribution in [0.3, 0.4) is 0 Å². The van der Waals surface area contributed by atoms with Gasteiger partial charge in [-0.3, -0.25) is 9.69 Å². The van der Waals surface area contributed by atoms with Crippen LogP contribution in [0.15, 0.2) is 12.7 Å². The van der Waals surface area contributed by atoms with Crippen LogP contribution in [-0.4, -0.2) is 49.6 Å². The van der Waals surface area contributed by atoms with E-state index in [2.05, 4.69) is 29.0 Å². The van der Waals surface area contributed by atoms with Crippen LogP contribution in [0.1, 0.15) is 19.8 Å². The molecule has 1 aliphatic heterocycles. The van der Waals surface area contributed by atoms with E-state index in [0.717, 1.165) is 25.9 Å². The zero-order valence-corrected chi connectivity index (χ0v) is 10.4. The molecule has 0 aliphatic carbocycles. The molecule has 0 bridgehead atoms. The Morgan fingerprint density at radius 3 is 2.62 bits per heavy atom. The fraction of sp³-hybridized carbons (Fsp3) is 0.750. The normalized spacial score (nSPS) is 20.4. The lowest BCUT2D eigenvalue weighted by atomic mass is 9.90. The monoisotopic (exact) mass is 225 g/mol. The van der Waals surface area contributed by atoms with Gasteiger partial charge in [0.05, 0.1) is 6.54 Å². The summed E-state index contributed by atoms with van der Waals surface area (Å²) in [5.41, 5.74) is 0.244. The summed E-state index contributed by atoms with van der Waals surface area (Å²) in [5, 5.41) is 6.15. The molecular formula is C12H23N3O. The molecule has 0 aromatic heterocycles. The Hall–Kier alpha value is -0.870. The number of piperidine rings is 1. The van der Waals surface area contributed by atoms with Gasteiger partial charge in [-0.2, -0.15) is 0 Å². The Balaban J connectivity index is 2.26. The van der Waals surface area contributed by atoms with E-state index in [-0.39, 0.29) is 11.4 Å². The quantitative estimate of drug-likeness (QED) is 0.664. The molecule has 0 saturated carbocycles. The maximum absolute atomic E-state index is 11.5. The van der Waals surface area contributed by atoms with E-state index in [9.17, 15) is 4.79 Å². The van der Waals surface area contributed by atoms with Crippen LogP contribution in [0.2, 0.25) is 0 Å². The molecule has 92 valence electrons. The van der Waals surface area contributed by atoms with Crippen molar-refractivity contribution in [3.63, 3.8) is 0 Å². The van der Waals surface area contributed by atoms with Crippen LogP contribution in [-0.2, 0) is 4.79 Å². The summed E-state index contributed by atoms with van der Waals surface area (Å²) in [7, 11) is 2.01. The van der Waals surface area contributed by atoms with Gasteiger partial charge in [0.25, 0.3) is 0 Å². The number of hydrogen-bond donors (Lipinski definition) is 2. The number of nitrogens with zero attached hydrogens (tertiary/aromatic N) is 1. The summed E-state index contributed by atoms with van der Waals surface area (Å²) >= 11 is 0. The molecule has 1 saturated heterocycles. The number of carbonyl (C=O) groups is 1. The van der Waals surface area contributed by atoms with Crippen LogP contribution in [0, 0.1) is 0 Å². The predicted octanol–water partition coefficient (Wildman–Crippen LogP) is 0.363. The van der Waals surface area contributed by atoms with Crippen molar-refractivity contribution in [2.24, 2.45) is 0 Å². The van der Waals surface area contributed by atoms with E-state index in [1.54, 1.807) is 6.08 Å². The summed E-state index contributed by atoms with van der Waals surface area (Å²) < 4.78 is 0. The molecule has 2 N–H and O–H groups in total. The van der Waals surface area contributed by atoms with Gasteiger partial charge in [-0.25, -0.2) is 0 Å². The fourth-order valence-electron chi connectivity index (χ4n) is 1.90. The Labute approximate surface area is 98.1 Å². The van der Waals surface area contributed by atoms with E-state index in [1.807, 2.05) is 7.05 Å². The summed E-state index contributed by atoms with van der Waals surface area (Å²) in [5.74, 6) is 0.0907. The topological polar surface area (TPSA) is 44.4 Å². The van der Waals surface area contributed by atoms with Gasteiger partial charge >= 0.3 is 0 Å². The zero-order valence-electron chi connectivity index (χ0n) is 10.4. The number of nitrogens with one attached hydrogen (secondary N) is 2. The van der Waals surface area contributed by atoms with Crippen molar-refractivity contribution >= 4 is 5.91 Å². The van der Waals surface area contributed by atoms with Crippen molar-refractivity contribution in [2.75, 3.05) is 33.2 Å². The van der Waals surface area contributed by atoms with Gasteiger partial charge in [-0.1, -0.05) is 6.08 Å². The van der Waals surface area contributed by atoms with Crippen molar-refractivity contribution < 1.29 is 4.79 Å². The molecule has 0 radical (unpaired) electrons. The lowest BCUT2D eigenvalue weighted by molar-refractivity contribution is -0.122. The van der Waals surface area contributed by atoms with Crippen molar-refractivity contribution in [1.29, 1.82) is 0 Å². The summed E-state index contributed by atoms with van der Waals surface area (Å²) in [6.45, 7) is 8.85. The first-order valence-corrected chi connectivity index (χ1v) is 5.88. The van der Waals surface area contributed by atoms with Crippen LogP contribution < -0.4 is 10.6 Å². The van der Waals surface area contributed by atoms with E-state index in [4.69, 9.17) is 0 Å². The average molecular weight is 225 g/mol. The largest absolute Gasteiger partial charge is 0.352 e. The number of likely N-dealkylation sites (tertiary alicyclic amines) is 1. The molecule has 1 heterocycles. The molecule has 0 aromatic carbocycles. The van der Waals surface area contributed by atoms with Gasteiger partial charge in [-0.05, 0) is 26.8 Å². The second-order valence-corrected chi connectivity index (χ2v) is 4.68. The van der Waals surface area contributed by atoms with E-state index in [1.165, 1.54) is 0 Å². The zero-order chi connectivity index (χ0) is 12.0. The van der Waals surface area contributed by atoms with Crippen LogP contribution in [0.4, 0.5) is 0 Å². The SMILES string of the molecule is C=CCNC(=O)CN1CCC(C)(NC)CC1. The van der Waals surface area contributed by atoms with Gasteiger partial charge in [0.1, 0.15) is 0 Å². The Kier molecular flexibility index (Phi) is 4.96. The minimum Gasteiger partial charge on any atom is -0.352 e. The van der Waals surface area contributed by atoms with E-state index < -0.39 is 0 Å². The molecule has 0 unspecified atom stereocenters. The van der Waals surface area contributed by atoms with Crippen LogP contribution in [0.25, 0.3) is 0 Å². The highest BCUT2D eigenvalue weighted by Gasteiger charge is 2.28. The van der Waals surface area contributed by atoms with Gasteiger partial charge in [-0.15, -0.1) is 6.58 Å². The third kappa shape index (κ3) is 3.94. The minimum absolute atomic E-state index is 0.0907. The first-order valence-electron chi connectivity index (χ1n) is 5.88. The molecule has 16 heavy (non-hydrogen) atoms. The molecule has 0 spiro atoms. The number of hydrogen-bond acceptors (Lipinski definition) is 3. The minimum atomic E-state index is 0.0907. The van der Waals surface area contributed by atoms with Gasteiger partial charge < -0.3 is 10.6 Å². The predicted molar refractivity (Wildman–Crippen MR) is 66.3 cm³/mol. The number of amides is 1. The average Bonchev–Trinajstić information content (AvgIpc) is 2.30. The van der Waals surface area contributed by atoms with Crippen molar-refractivity contribution in [3.8, 4) is 0 Å². The molecule has 4 nitrogen and oxygen atoms in total. The van der Waals surface area contributed by atoms with Gasteiger partial charge in [0.15, 0.2) is 0 Å².